The van der Waals surface area contributed by atoms with Gasteiger partial charge in [0.15, 0.2) is 0 Å². The molecule has 2 N–H and O–H groups in total. The van der Waals surface area contributed by atoms with Gasteiger partial charge in [0.05, 0.1) is 0 Å². The number of anilines is 2. The molecule has 0 spiro atoms. The second-order valence-electron chi connectivity index (χ2n) is 4.83. The summed E-state index contributed by atoms with van der Waals surface area (Å²) in [7, 11) is 0. The van der Waals surface area contributed by atoms with E-state index in [0.717, 1.165) is 17.8 Å². The van der Waals surface area contributed by atoms with Gasteiger partial charge in [0.1, 0.15) is 6.04 Å². The Morgan fingerprint density at radius 3 is 2.25 bits per heavy atom. The van der Waals surface area contributed by atoms with Crippen LogP contribution in [0.15, 0.2) is 54.6 Å². The lowest BCUT2D eigenvalue weighted by molar-refractivity contribution is -0.116. The first-order valence-corrected chi connectivity index (χ1v) is 6.88. The van der Waals surface area contributed by atoms with Gasteiger partial charge in [-0.1, -0.05) is 42.8 Å². The second-order valence-corrected chi connectivity index (χ2v) is 4.83. The van der Waals surface area contributed by atoms with E-state index in [1.807, 2.05) is 68.4 Å². The Bertz CT molecular complexity index is 549. The highest BCUT2D eigenvalue weighted by Crippen LogP contribution is 2.13. The van der Waals surface area contributed by atoms with Crippen molar-refractivity contribution in [1.29, 1.82) is 0 Å². The summed E-state index contributed by atoms with van der Waals surface area (Å²) >= 11 is 0. The number of amides is 1. The molecule has 3 heteroatoms. The van der Waals surface area contributed by atoms with Gasteiger partial charge in [-0.05, 0) is 37.6 Å². The van der Waals surface area contributed by atoms with Crippen molar-refractivity contribution in [2.75, 3.05) is 10.6 Å². The molecule has 0 saturated heterocycles. The van der Waals surface area contributed by atoms with Crippen LogP contribution in [-0.4, -0.2) is 11.9 Å². The lowest BCUT2D eigenvalue weighted by Crippen LogP contribution is -2.34. The third kappa shape index (κ3) is 3.85. The Labute approximate surface area is 120 Å². The first-order valence-electron chi connectivity index (χ1n) is 6.88. The van der Waals surface area contributed by atoms with E-state index >= 15 is 0 Å². The number of para-hydroxylation sites is 1. The predicted octanol–water partition coefficient (Wildman–Crippen LogP) is 3.82. The molecule has 104 valence electrons. The molecule has 1 atom stereocenters. The van der Waals surface area contributed by atoms with E-state index in [1.165, 1.54) is 5.56 Å². The Morgan fingerprint density at radius 2 is 1.65 bits per heavy atom. The molecule has 0 aliphatic carbocycles. The van der Waals surface area contributed by atoms with Gasteiger partial charge in [0.25, 0.3) is 0 Å². The largest absolute Gasteiger partial charge is 0.374 e. The summed E-state index contributed by atoms with van der Waals surface area (Å²) in [6.45, 7) is 4.04. The number of benzene rings is 2. The van der Waals surface area contributed by atoms with Gasteiger partial charge >= 0.3 is 0 Å². The van der Waals surface area contributed by atoms with Gasteiger partial charge < -0.3 is 10.6 Å². The van der Waals surface area contributed by atoms with Crippen LogP contribution in [-0.2, 0) is 4.79 Å². The van der Waals surface area contributed by atoms with E-state index < -0.39 is 0 Å². The fourth-order valence-corrected chi connectivity index (χ4v) is 1.95. The van der Waals surface area contributed by atoms with Crippen LogP contribution < -0.4 is 10.6 Å². The molecular weight excluding hydrogens is 248 g/mol. The Kier molecular flexibility index (Phi) is 4.77. The van der Waals surface area contributed by atoms with Crippen LogP contribution in [0, 0.1) is 6.92 Å². The number of carbonyl (C=O) groups is 1. The first kappa shape index (κ1) is 14.1. The summed E-state index contributed by atoms with van der Waals surface area (Å²) in [6.07, 6.45) is 0.729. The Morgan fingerprint density at radius 1 is 1.00 bits per heavy atom. The fourth-order valence-electron chi connectivity index (χ4n) is 1.95. The molecule has 0 aliphatic rings. The minimum atomic E-state index is -0.238. The molecule has 0 bridgehead atoms. The summed E-state index contributed by atoms with van der Waals surface area (Å²) in [4.78, 5) is 12.2. The summed E-state index contributed by atoms with van der Waals surface area (Å²) in [6, 6.07) is 17.3. The molecule has 2 rings (SSSR count). The molecule has 0 saturated carbocycles. The maximum atomic E-state index is 12.2. The van der Waals surface area contributed by atoms with Crippen LogP contribution in [0.1, 0.15) is 18.9 Å². The van der Waals surface area contributed by atoms with Crippen molar-refractivity contribution in [2.24, 2.45) is 0 Å². The van der Waals surface area contributed by atoms with Crippen LogP contribution in [0.3, 0.4) is 0 Å². The summed E-state index contributed by atoms with van der Waals surface area (Å²) in [5, 5.41) is 6.19. The highest BCUT2D eigenvalue weighted by Gasteiger charge is 2.16. The number of nitrogens with one attached hydrogen (secondary N) is 2. The SMILES string of the molecule is CC[C@@H](Nc1ccc(C)cc1)C(=O)Nc1ccccc1. The number of carbonyl (C=O) groups excluding carboxylic acids is 1. The standard InChI is InChI=1S/C17H20N2O/c1-3-16(18-15-11-9-13(2)10-12-15)17(20)19-14-7-5-4-6-8-14/h4-12,16,18H,3H2,1-2H3,(H,19,20)/t16-/m1/s1. The molecule has 1 amide bonds. The Balaban J connectivity index is 2.00. The number of rotatable bonds is 5. The van der Waals surface area contributed by atoms with E-state index in [2.05, 4.69) is 10.6 Å². The minimum Gasteiger partial charge on any atom is -0.374 e. The average Bonchev–Trinajstić information content (AvgIpc) is 2.47. The monoisotopic (exact) mass is 268 g/mol. The molecule has 0 radical (unpaired) electrons. The average molecular weight is 268 g/mol. The normalized spacial score (nSPS) is 11.7. The van der Waals surface area contributed by atoms with Crippen molar-refractivity contribution >= 4 is 17.3 Å². The topological polar surface area (TPSA) is 41.1 Å². The number of hydrogen-bond acceptors (Lipinski definition) is 2. The zero-order valence-electron chi connectivity index (χ0n) is 11.9. The van der Waals surface area contributed by atoms with E-state index in [-0.39, 0.29) is 11.9 Å². The zero-order chi connectivity index (χ0) is 14.4. The van der Waals surface area contributed by atoms with E-state index in [9.17, 15) is 4.79 Å². The maximum absolute atomic E-state index is 12.2. The van der Waals surface area contributed by atoms with Crippen LogP contribution >= 0.6 is 0 Å². The molecule has 0 fully saturated rings. The highest BCUT2D eigenvalue weighted by atomic mass is 16.2. The molecule has 0 aliphatic heterocycles. The third-order valence-corrected chi connectivity index (χ3v) is 3.16. The van der Waals surface area contributed by atoms with Gasteiger partial charge in [-0.15, -0.1) is 0 Å². The van der Waals surface area contributed by atoms with Crippen molar-refractivity contribution < 1.29 is 4.79 Å². The van der Waals surface area contributed by atoms with Crippen molar-refractivity contribution in [3.8, 4) is 0 Å². The lowest BCUT2D eigenvalue weighted by Gasteiger charge is -2.18. The molecule has 2 aromatic rings. The van der Waals surface area contributed by atoms with Crippen molar-refractivity contribution in [3.63, 3.8) is 0 Å². The van der Waals surface area contributed by atoms with Crippen LogP contribution in [0.25, 0.3) is 0 Å². The molecule has 0 heterocycles. The third-order valence-electron chi connectivity index (χ3n) is 3.16. The van der Waals surface area contributed by atoms with Crippen molar-refractivity contribution in [1.82, 2.24) is 0 Å². The number of aryl methyl sites for hydroxylation is 1. The van der Waals surface area contributed by atoms with E-state index in [4.69, 9.17) is 0 Å². The molecule has 0 aromatic heterocycles. The zero-order valence-corrected chi connectivity index (χ0v) is 11.9. The van der Waals surface area contributed by atoms with E-state index in [1.54, 1.807) is 0 Å². The van der Waals surface area contributed by atoms with E-state index in [0.29, 0.717) is 0 Å². The van der Waals surface area contributed by atoms with Gasteiger partial charge in [-0.3, -0.25) is 4.79 Å². The molecule has 20 heavy (non-hydrogen) atoms. The Hall–Kier alpha value is -2.29. The smallest absolute Gasteiger partial charge is 0.246 e. The van der Waals surface area contributed by atoms with Crippen LogP contribution in [0.2, 0.25) is 0 Å². The summed E-state index contributed by atoms with van der Waals surface area (Å²) in [5.41, 5.74) is 2.99. The summed E-state index contributed by atoms with van der Waals surface area (Å²) in [5.74, 6) is -0.0146. The first-order chi connectivity index (χ1) is 9.69. The molecule has 2 aromatic carbocycles. The summed E-state index contributed by atoms with van der Waals surface area (Å²) < 4.78 is 0. The van der Waals surface area contributed by atoms with Gasteiger partial charge in [-0.2, -0.15) is 0 Å². The van der Waals surface area contributed by atoms with Crippen molar-refractivity contribution in [3.05, 3.63) is 60.2 Å². The molecule has 0 unspecified atom stereocenters. The van der Waals surface area contributed by atoms with Gasteiger partial charge in [0.2, 0.25) is 5.91 Å². The van der Waals surface area contributed by atoms with Crippen LogP contribution in [0.5, 0.6) is 0 Å². The maximum Gasteiger partial charge on any atom is 0.246 e. The van der Waals surface area contributed by atoms with Crippen molar-refractivity contribution in [2.45, 2.75) is 26.3 Å². The van der Waals surface area contributed by atoms with Gasteiger partial charge in [-0.25, -0.2) is 0 Å². The molecule has 3 nitrogen and oxygen atoms in total. The number of hydrogen-bond donors (Lipinski definition) is 2. The predicted molar refractivity (Wildman–Crippen MR) is 84.0 cm³/mol. The van der Waals surface area contributed by atoms with Crippen LogP contribution in [0.4, 0.5) is 11.4 Å². The minimum absolute atomic E-state index is 0.0146. The molecular formula is C17H20N2O. The second kappa shape index (κ2) is 6.75. The quantitative estimate of drug-likeness (QED) is 0.865. The lowest BCUT2D eigenvalue weighted by atomic mass is 10.1. The fraction of sp³-hybridized carbons (Fsp3) is 0.235. The highest BCUT2D eigenvalue weighted by molar-refractivity contribution is 5.96. The van der Waals surface area contributed by atoms with Gasteiger partial charge in [0, 0.05) is 11.4 Å².